The largest absolute Gasteiger partial charge is 0.393 e. The van der Waals surface area contributed by atoms with Crippen LogP contribution in [0.5, 0.6) is 0 Å². The molecule has 124 valence electrons. The summed E-state index contributed by atoms with van der Waals surface area (Å²) in [5, 5.41) is 16.5. The molecule has 0 saturated heterocycles. The Kier molecular flexibility index (Phi) is 6.55. The Labute approximate surface area is 140 Å². The first-order valence-electron chi connectivity index (χ1n) is 7.81. The maximum Gasteiger partial charge on any atom is 0.263 e. The number of carbonyl (C=O) groups excluding carboxylic acids is 1. The number of carbonyl (C=O) groups is 1. The highest BCUT2D eigenvalue weighted by Gasteiger charge is 2.17. The fourth-order valence-corrected chi connectivity index (χ4v) is 3.19. The number of rotatable bonds is 8. The van der Waals surface area contributed by atoms with Crippen LogP contribution in [0.4, 0.5) is 5.13 Å². The van der Waals surface area contributed by atoms with Gasteiger partial charge in [0.15, 0.2) is 5.13 Å². The van der Waals surface area contributed by atoms with E-state index in [1.165, 1.54) is 11.3 Å². The zero-order valence-electron chi connectivity index (χ0n) is 13.5. The molecule has 0 saturated carbocycles. The summed E-state index contributed by atoms with van der Waals surface area (Å²) in [5.41, 5.74) is 1.12. The Bertz CT molecular complexity index is 613. The molecule has 0 aliphatic heterocycles. The summed E-state index contributed by atoms with van der Waals surface area (Å²) in [6.07, 6.45) is 1.78. The molecule has 2 rings (SSSR count). The van der Waals surface area contributed by atoms with Crippen molar-refractivity contribution in [2.45, 2.75) is 32.3 Å². The van der Waals surface area contributed by atoms with Gasteiger partial charge in [-0.25, -0.2) is 4.98 Å². The highest BCUT2D eigenvalue weighted by Crippen LogP contribution is 2.22. The maximum absolute atomic E-state index is 12.3. The number of benzene rings is 1. The lowest BCUT2D eigenvalue weighted by Gasteiger charge is -2.19. The number of hydrogen-bond acceptors (Lipinski definition) is 5. The zero-order chi connectivity index (χ0) is 16.7. The lowest BCUT2D eigenvalue weighted by molar-refractivity contribution is 0.0949. The van der Waals surface area contributed by atoms with E-state index >= 15 is 0 Å². The fraction of sp³-hybridized carbons (Fsp3) is 0.412. The van der Waals surface area contributed by atoms with Crippen molar-refractivity contribution in [1.82, 2.24) is 10.3 Å². The number of nitrogens with one attached hydrogen (secondary N) is 2. The van der Waals surface area contributed by atoms with Crippen molar-refractivity contribution in [1.29, 1.82) is 0 Å². The van der Waals surface area contributed by atoms with Gasteiger partial charge in [-0.1, -0.05) is 41.7 Å². The van der Waals surface area contributed by atoms with Crippen LogP contribution in [0.1, 0.15) is 41.4 Å². The third-order valence-electron chi connectivity index (χ3n) is 3.46. The summed E-state index contributed by atoms with van der Waals surface area (Å²) in [6, 6.07) is 9.95. The van der Waals surface area contributed by atoms with Gasteiger partial charge >= 0.3 is 0 Å². The minimum Gasteiger partial charge on any atom is -0.393 e. The number of aliphatic hydroxyl groups excluding tert-OH is 1. The monoisotopic (exact) mass is 333 g/mol. The maximum atomic E-state index is 12.3. The van der Waals surface area contributed by atoms with Crippen LogP contribution in [-0.4, -0.2) is 35.2 Å². The van der Waals surface area contributed by atoms with Crippen molar-refractivity contribution in [3.05, 3.63) is 47.0 Å². The number of amides is 1. The van der Waals surface area contributed by atoms with Crippen LogP contribution < -0.4 is 10.6 Å². The van der Waals surface area contributed by atoms with Gasteiger partial charge in [0.25, 0.3) is 5.91 Å². The molecule has 1 aromatic carbocycles. The average molecular weight is 333 g/mol. The molecule has 0 bridgehead atoms. The van der Waals surface area contributed by atoms with E-state index in [0.29, 0.717) is 17.8 Å². The number of aliphatic hydroxyl groups is 1. The summed E-state index contributed by atoms with van der Waals surface area (Å²) in [7, 11) is 0. The molecule has 2 unspecified atom stereocenters. The number of hydrogen-bond donors (Lipinski definition) is 3. The number of anilines is 1. The lowest BCUT2D eigenvalue weighted by atomic mass is 9.93. The molecule has 0 spiro atoms. The smallest absolute Gasteiger partial charge is 0.263 e. The molecule has 3 N–H and O–H groups in total. The van der Waals surface area contributed by atoms with Crippen molar-refractivity contribution in [2.24, 2.45) is 0 Å². The molecule has 1 aromatic heterocycles. The Morgan fingerprint density at radius 2 is 2.09 bits per heavy atom. The van der Waals surface area contributed by atoms with E-state index in [1.54, 1.807) is 13.1 Å². The molecule has 2 atom stereocenters. The van der Waals surface area contributed by atoms with E-state index in [-0.39, 0.29) is 11.8 Å². The number of thiazole rings is 1. The minimum absolute atomic E-state index is 0.0845. The van der Waals surface area contributed by atoms with Crippen LogP contribution in [0.25, 0.3) is 0 Å². The highest BCUT2D eigenvalue weighted by molar-refractivity contribution is 7.17. The van der Waals surface area contributed by atoms with E-state index < -0.39 is 6.10 Å². The molecule has 23 heavy (non-hydrogen) atoms. The lowest BCUT2D eigenvalue weighted by Crippen LogP contribution is -2.29. The third-order valence-corrected chi connectivity index (χ3v) is 4.42. The Balaban J connectivity index is 1.98. The van der Waals surface area contributed by atoms with Crippen molar-refractivity contribution in [3.8, 4) is 0 Å². The first kappa shape index (κ1) is 17.4. The van der Waals surface area contributed by atoms with Gasteiger partial charge in [0, 0.05) is 19.0 Å². The molecular weight excluding hydrogens is 310 g/mol. The summed E-state index contributed by atoms with van der Waals surface area (Å²) >= 11 is 1.34. The van der Waals surface area contributed by atoms with E-state index in [4.69, 9.17) is 0 Å². The summed E-state index contributed by atoms with van der Waals surface area (Å²) < 4.78 is 0. The van der Waals surface area contributed by atoms with E-state index in [0.717, 1.165) is 17.2 Å². The quantitative estimate of drug-likeness (QED) is 0.694. The second-order valence-electron chi connectivity index (χ2n) is 5.46. The number of nitrogens with zero attached hydrogens (tertiary/aromatic N) is 1. The third kappa shape index (κ3) is 5.33. The normalized spacial score (nSPS) is 13.3. The highest BCUT2D eigenvalue weighted by atomic mass is 32.1. The zero-order valence-corrected chi connectivity index (χ0v) is 14.3. The van der Waals surface area contributed by atoms with Gasteiger partial charge in [-0.15, -0.1) is 0 Å². The van der Waals surface area contributed by atoms with Gasteiger partial charge in [-0.2, -0.15) is 0 Å². The predicted molar refractivity (Wildman–Crippen MR) is 94.1 cm³/mol. The van der Waals surface area contributed by atoms with Crippen molar-refractivity contribution < 1.29 is 9.90 Å². The SMILES string of the molecule is CCNc1ncc(C(=O)NCC(CC(C)O)c2ccccc2)s1. The second kappa shape index (κ2) is 8.64. The summed E-state index contributed by atoms with van der Waals surface area (Å²) in [6.45, 7) is 5.02. The molecule has 6 heteroatoms. The van der Waals surface area contributed by atoms with Crippen molar-refractivity contribution in [2.75, 3.05) is 18.4 Å². The van der Waals surface area contributed by atoms with E-state index in [1.807, 2.05) is 37.3 Å². The molecule has 0 aliphatic carbocycles. The van der Waals surface area contributed by atoms with Gasteiger partial charge in [0.1, 0.15) is 4.88 Å². The fourth-order valence-electron chi connectivity index (χ4n) is 2.39. The molecule has 5 nitrogen and oxygen atoms in total. The minimum atomic E-state index is -0.416. The predicted octanol–water partition coefficient (Wildman–Crippen LogP) is 2.86. The number of aromatic nitrogens is 1. The Morgan fingerprint density at radius 3 is 2.74 bits per heavy atom. The van der Waals surface area contributed by atoms with E-state index in [9.17, 15) is 9.90 Å². The molecular formula is C17H23N3O2S. The topological polar surface area (TPSA) is 74.2 Å². The van der Waals surface area contributed by atoms with Crippen molar-refractivity contribution >= 4 is 22.4 Å². The molecule has 0 radical (unpaired) electrons. The molecule has 1 heterocycles. The van der Waals surface area contributed by atoms with Crippen LogP contribution >= 0.6 is 11.3 Å². The van der Waals surface area contributed by atoms with Gasteiger partial charge in [-0.05, 0) is 25.8 Å². The molecule has 1 amide bonds. The van der Waals surface area contributed by atoms with Gasteiger partial charge < -0.3 is 15.7 Å². The van der Waals surface area contributed by atoms with Gasteiger partial charge in [-0.3, -0.25) is 4.79 Å². The Morgan fingerprint density at radius 1 is 1.35 bits per heavy atom. The van der Waals surface area contributed by atoms with Gasteiger partial charge in [0.05, 0.1) is 12.3 Å². The van der Waals surface area contributed by atoms with Crippen LogP contribution in [-0.2, 0) is 0 Å². The van der Waals surface area contributed by atoms with Crippen LogP contribution in [0.2, 0.25) is 0 Å². The van der Waals surface area contributed by atoms with Crippen LogP contribution in [0.3, 0.4) is 0 Å². The van der Waals surface area contributed by atoms with Crippen LogP contribution in [0.15, 0.2) is 36.5 Å². The standard InChI is InChI=1S/C17H23N3O2S/c1-3-18-17-20-11-15(23-17)16(22)19-10-14(9-12(2)21)13-7-5-4-6-8-13/h4-8,11-12,14,21H,3,9-10H2,1-2H3,(H,18,20)(H,19,22). The van der Waals surface area contributed by atoms with E-state index in [2.05, 4.69) is 15.6 Å². The molecule has 0 fully saturated rings. The van der Waals surface area contributed by atoms with Crippen LogP contribution in [0, 0.1) is 0 Å². The van der Waals surface area contributed by atoms with Gasteiger partial charge in [0.2, 0.25) is 0 Å². The molecule has 0 aliphatic rings. The Hall–Kier alpha value is -1.92. The average Bonchev–Trinajstić information content (AvgIpc) is 3.01. The first-order chi connectivity index (χ1) is 11.1. The molecule has 2 aromatic rings. The summed E-state index contributed by atoms with van der Waals surface area (Å²) in [4.78, 5) is 17.0. The second-order valence-corrected chi connectivity index (χ2v) is 6.49. The first-order valence-corrected chi connectivity index (χ1v) is 8.62. The van der Waals surface area contributed by atoms with Crippen molar-refractivity contribution in [3.63, 3.8) is 0 Å². The summed E-state index contributed by atoms with van der Waals surface area (Å²) in [5.74, 6) is -0.0421.